The highest BCUT2D eigenvalue weighted by Crippen LogP contribution is 2.11. The molecule has 2 aromatic rings. The number of nitrogens with zero attached hydrogens (tertiary/aromatic N) is 2. The van der Waals surface area contributed by atoms with Crippen LogP contribution in [-0.2, 0) is 6.42 Å². The Labute approximate surface area is 81.3 Å². The summed E-state index contributed by atoms with van der Waals surface area (Å²) in [7, 11) is 0. The van der Waals surface area contributed by atoms with Crippen LogP contribution < -0.4 is 0 Å². The third-order valence-corrected chi connectivity index (χ3v) is 2.50. The zero-order valence-corrected chi connectivity index (χ0v) is 7.92. The molecule has 3 heteroatoms. The van der Waals surface area contributed by atoms with E-state index in [1.165, 1.54) is 5.56 Å². The molecule has 0 N–H and O–H groups in total. The first-order chi connectivity index (χ1) is 6.34. The van der Waals surface area contributed by atoms with Gasteiger partial charge in [-0.1, -0.05) is 0 Å². The molecule has 13 heavy (non-hydrogen) atoms. The van der Waals surface area contributed by atoms with E-state index in [0.29, 0.717) is 0 Å². The molecule has 65 valence electrons. The van der Waals surface area contributed by atoms with Crippen molar-refractivity contribution in [2.45, 2.75) is 6.42 Å². The van der Waals surface area contributed by atoms with Crippen LogP contribution in [0.25, 0.3) is 0 Å². The summed E-state index contributed by atoms with van der Waals surface area (Å²) in [5.74, 6) is 0. The third kappa shape index (κ3) is 2.12. The lowest BCUT2D eigenvalue weighted by atomic mass is 10.2. The van der Waals surface area contributed by atoms with Gasteiger partial charge in [0.2, 0.25) is 0 Å². The van der Waals surface area contributed by atoms with E-state index in [2.05, 4.69) is 16.9 Å². The van der Waals surface area contributed by atoms with E-state index in [4.69, 9.17) is 0 Å². The number of rotatable bonds is 2. The molecule has 0 aromatic carbocycles. The summed E-state index contributed by atoms with van der Waals surface area (Å²) in [6.45, 7) is 3.78. The Morgan fingerprint density at radius 1 is 1.31 bits per heavy atom. The highest BCUT2D eigenvalue weighted by molar-refractivity contribution is 7.09. The Bertz CT molecular complexity index is 382. The molecule has 1 radical (unpaired) electrons. The maximum atomic E-state index is 4.22. The summed E-state index contributed by atoms with van der Waals surface area (Å²) in [5, 5.41) is 3.12. The van der Waals surface area contributed by atoms with E-state index in [9.17, 15) is 0 Å². The monoisotopic (exact) mass is 189 g/mol. The molecule has 2 nitrogen and oxygen atoms in total. The maximum absolute atomic E-state index is 4.22. The van der Waals surface area contributed by atoms with Gasteiger partial charge in [0.05, 0.1) is 5.01 Å². The Morgan fingerprint density at radius 3 is 2.92 bits per heavy atom. The number of hydrogen-bond donors (Lipinski definition) is 0. The highest BCUT2D eigenvalue weighted by atomic mass is 32.1. The van der Waals surface area contributed by atoms with Gasteiger partial charge in [0.25, 0.3) is 0 Å². The van der Waals surface area contributed by atoms with Crippen LogP contribution in [0.15, 0.2) is 29.9 Å². The first-order valence-corrected chi connectivity index (χ1v) is 4.88. The molecule has 0 fully saturated rings. The summed E-state index contributed by atoms with van der Waals surface area (Å²) in [5.41, 5.74) is 2.03. The average molecular weight is 189 g/mol. The average Bonchev–Trinajstić information content (AvgIpc) is 2.57. The van der Waals surface area contributed by atoms with Crippen molar-refractivity contribution in [3.05, 3.63) is 53.1 Å². The topological polar surface area (TPSA) is 25.8 Å². The van der Waals surface area contributed by atoms with Crippen LogP contribution in [0, 0.1) is 6.92 Å². The van der Waals surface area contributed by atoms with Crippen LogP contribution in [0.1, 0.15) is 16.3 Å². The summed E-state index contributed by atoms with van der Waals surface area (Å²) < 4.78 is 0. The largest absolute Gasteiger partial charge is 0.261 e. The van der Waals surface area contributed by atoms with Crippen molar-refractivity contribution >= 4 is 11.3 Å². The Morgan fingerprint density at radius 2 is 2.23 bits per heavy atom. The third-order valence-electron chi connectivity index (χ3n) is 1.72. The molecule has 0 spiro atoms. The molecule has 0 atom stereocenters. The maximum Gasteiger partial charge on any atom is 0.0968 e. The lowest BCUT2D eigenvalue weighted by molar-refractivity contribution is 1.11. The number of pyridine rings is 1. The quantitative estimate of drug-likeness (QED) is 0.724. The molecular weight excluding hydrogens is 180 g/mol. The van der Waals surface area contributed by atoms with Gasteiger partial charge in [0.15, 0.2) is 0 Å². The lowest BCUT2D eigenvalue weighted by Crippen LogP contribution is -1.89. The van der Waals surface area contributed by atoms with Crippen LogP contribution in [0.3, 0.4) is 0 Å². The van der Waals surface area contributed by atoms with Crippen LogP contribution in [0.2, 0.25) is 0 Å². The van der Waals surface area contributed by atoms with Crippen molar-refractivity contribution in [2.24, 2.45) is 0 Å². The predicted octanol–water partition coefficient (Wildman–Crippen LogP) is 2.31. The van der Waals surface area contributed by atoms with Gasteiger partial charge in [0, 0.05) is 29.9 Å². The number of aromatic nitrogens is 2. The van der Waals surface area contributed by atoms with Crippen molar-refractivity contribution in [1.82, 2.24) is 9.97 Å². The van der Waals surface area contributed by atoms with Gasteiger partial charge < -0.3 is 0 Å². The molecular formula is C10H9N2S. The van der Waals surface area contributed by atoms with Gasteiger partial charge in [-0.05, 0) is 24.6 Å². The van der Waals surface area contributed by atoms with Crippen molar-refractivity contribution in [2.75, 3.05) is 0 Å². The fourth-order valence-corrected chi connectivity index (χ4v) is 1.80. The minimum Gasteiger partial charge on any atom is -0.261 e. The fourth-order valence-electron chi connectivity index (χ4n) is 1.15. The molecule has 2 heterocycles. The Hall–Kier alpha value is -1.22. The Kier molecular flexibility index (Phi) is 2.36. The van der Waals surface area contributed by atoms with Gasteiger partial charge in [-0.25, -0.2) is 4.98 Å². The van der Waals surface area contributed by atoms with Crippen molar-refractivity contribution in [3.8, 4) is 0 Å². The van der Waals surface area contributed by atoms with Crippen LogP contribution >= 0.6 is 11.3 Å². The second kappa shape index (κ2) is 3.66. The van der Waals surface area contributed by atoms with Crippen LogP contribution in [-0.4, -0.2) is 9.97 Å². The molecule has 2 rings (SSSR count). The predicted molar refractivity (Wildman–Crippen MR) is 53.6 cm³/mol. The van der Waals surface area contributed by atoms with Gasteiger partial charge in [-0.3, -0.25) is 4.98 Å². The molecule has 0 aliphatic carbocycles. The summed E-state index contributed by atoms with van der Waals surface area (Å²) in [6.07, 6.45) is 4.49. The van der Waals surface area contributed by atoms with Gasteiger partial charge in [0.1, 0.15) is 0 Å². The van der Waals surface area contributed by atoms with Crippen molar-refractivity contribution < 1.29 is 0 Å². The Balaban J connectivity index is 2.19. The minimum atomic E-state index is 0.814. The van der Waals surface area contributed by atoms with Crippen molar-refractivity contribution in [1.29, 1.82) is 0 Å². The number of hydrogen-bond acceptors (Lipinski definition) is 3. The lowest BCUT2D eigenvalue weighted by Gasteiger charge is -1.97. The second-order valence-electron chi connectivity index (χ2n) is 2.76. The smallest absolute Gasteiger partial charge is 0.0968 e. The molecule has 0 saturated carbocycles. The van der Waals surface area contributed by atoms with E-state index in [1.54, 1.807) is 17.5 Å². The first-order valence-electron chi connectivity index (χ1n) is 4.00. The molecule has 0 aliphatic rings. The summed E-state index contributed by atoms with van der Waals surface area (Å²) in [4.78, 5) is 8.26. The SMILES string of the molecule is [CH2]c1cc(Cc2nccs2)ccn1. The normalized spacial score (nSPS) is 10.2. The molecule has 0 saturated heterocycles. The molecule has 0 amide bonds. The zero-order chi connectivity index (χ0) is 9.10. The first kappa shape index (κ1) is 8.38. The molecule has 0 aliphatic heterocycles. The van der Waals surface area contributed by atoms with E-state index in [0.717, 1.165) is 17.1 Å². The highest BCUT2D eigenvalue weighted by Gasteiger charge is 1.98. The van der Waals surface area contributed by atoms with E-state index in [1.807, 2.05) is 23.7 Å². The van der Waals surface area contributed by atoms with E-state index in [-0.39, 0.29) is 0 Å². The van der Waals surface area contributed by atoms with E-state index >= 15 is 0 Å². The zero-order valence-electron chi connectivity index (χ0n) is 7.10. The van der Waals surface area contributed by atoms with Gasteiger partial charge in [-0.2, -0.15) is 0 Å². The standard InChI is InChI=1S/C10H9N2S/c1-8-6-9(2-3-11-8)7-10-12-4-5-13-10/h2-6H,1,7H2. The summed E-state index contributed by atoms with van der Waals surface area (Å²) in [6, 6.07) is 3.98. The summed E-state index contributed by atoms with van der Waals surface area (Å²) >= 11 is 1.67. The van der Waals surface area contributed by atoms with Crippen LogP contribution in [0.4, 0.5) is 0 Å². The molecule has 0 bridgehead atoms. The minimum absolute atomic E-state index is 0.814. The van der Waals surface area contributed by atoms with Crippen LogP contribution in [0.5, 0.6) is 0 Å². The van der Waals surface area contributed by atoms with Gasteiger partial charge in [-0.15, -0.1) is 11.3 Å². The number of thiazole rings is 1. The van der Waals surface area contributed by atoms with Crippen molar-refractivity contribution in [3.63, 3.8) is 0 Å². The fraction of sp³-hybridized carbons (Fsp3) is 0.100. The molecule has 2 aromatic heterocycles. The van der Waals surface area contributed by atoms with E-state index < -0.39 is 0 Å². The molecule has 0 unspecified atom stereocenters. The second-order valence-corrected chi connectivity index (χ2v) is 3.74. The van der Waals surface area contributed by atoms with Gasteiger partial charge >= 0.3 is 0 Å².